The average Bonchev–Trinajstić information content (AvgIpc) is 2.98. The molecule has 6 heteroatoms. The Kier molecular flexibility index (Phi) is 3.73. The van der Waals surface area contributed by atoms with Crippen molar-refractivity contribution < 1.29 is 14.3 Å². The molecule has 3 aromatic rings. The number of aromatic nitrogens is 1. The van der Waals surface area contributed by atoms with Gasteiger partial charge >= 0.3 is 5.97 Å². The number of carboxylic acid groups (broad SMARTS) is 1. The standard InChI is InChI=1S/C15H13NO3S2/c1-8-14(15(17)18)12-5-10(3-4-13(12)19-8)20-7-11-6-16-9(2)21-11/h3-6H,7H2,1-2H3,(H,17,18). The summed E-state index contributed by atoms with van der Waals surface area (Å²) in [5.41, 5.74) is 0.865. The van der Waals surface area contributed by atoms with Gasteiger partial charge in [-0.15, -0.1) is 23.1 Å². The minimum atomic E-state index is -0.952. The Morgan fingerprint density at radius 1 is 1.43 bits per heavy atom. The molecule has 0 fully saturated rings. The number of aryl methyl sites for hydroxylation is 2. The molecule has 0 spiro atoms. The molecule has 108 valence electrons. The molecule has 0 aliphatic heterocycles. The van der Waals surface area contributed by atoms with Gasteiger partial charge in [-0.25, -0.2) is 9.78 Å². The third-order valence-corrected chi connectivity index (χ3v) is 5.24. The van der Waals surface area contributed by atoms with E-state index in [0.29, 0.717) is 16.7 Å². The summed E-state index contributed by atoms with van der Waals surface area (Å²) in [5.74, 6) is 0.320. The van der Waals surface area contributed by atoms with E-state index in [0.717, 1.165) is 15.7 Å². The van der Waals surface area contributed by atoms with Gasteiger partial charge in [0.2, 0.25) is 0 Å². The molecule has 1 N–H and O–H groups in total. The zero-order valence-corrected chi connectivity index (χ0v) is 13.2. The number of carboxylic acids is 1. The van der Waals surface area contributed by atoms with Crippen molar-refractivity contribution in [1.82, 2.24) is 4.98 Å². The molecule has 0 saturated heterocycles. The Labute approximate surface area is 129 Å². The number of thioether (sulfide) groups is 1. The van der Waals surface area contributed by atoms with E-state index in [1.807, 2.05) is 31.3 Å². The van der Waals surface area contributed by atoms with Crippen molar-refractivity contribution >= 4 is 40.0 Å². The molecule has 0 radical (unpaired) electrons. The quantitative estimate of drug-likeness (QED) is 0.717. The molecule has 21 heavy (non-hydrogen) atoms. The maximum Gasteiger partial charge on any atom is 0.339 e. The summed E-state index contributed by atoms with van der Waals surface area (Å²) < 4.78 is 5.48. The predicted molar refractivity (Wildman–Crippen MR) is 84.3 cm³/mol. The highest BCUT2D eigenvalue weighted by atomic mass is 32.2. The van der Waals surface area contributed by atoms with Gasteiger partial charge in [0, 0.05) is 27.1 Å². The molecule has 1 aromatic carbocycles. The molecule has 2 heterocycles. The molecule has 0 bridgehead atoms. The first-order valence-corrected chi connectivity index (χ1v) is 8.15. The SMILES string of the molecule is Cc1ncc(CSc2ccc3oc(C)c(C(=O)O)c3c2)s1. The van der Waals surface area contributed by atoms with Crippen LogP contribution in [0.5, 0.6) is 0 Å². The first-order valence-electron chi connectivity index (χ1n) is 6.35. The van der Waals surface area contributed by atoms with Crippen molar-refractivity contribution in [3.63, 3.8) is 0 Å². The molecular formula is C15H13NO3S2. The Bertz CT molecular complexity index is 820. The second kappa shape index (κ2) is 5.54. The van der Waals surface area contributed by atoms with Crippen molar-refractivity contribution in [3.05, 3.63) is 45.6 Å². The zero-order valence-electron chi connectivity index (χ0n) is 11.5. The summed E-state index contributed by atoms with van der Waals surface area (Å²) >= 11 is 3.35. The number of carbonyl (C=O) groups is 1. The van der Waals surface area contributed by atoms with Crippen molar-refractivity contribution in [2.24, 2.45) is 0 Å². The number of aromatic carboxylic acids is 1. The molecule has 0 saturated carbocycles. The van der Waals surface area contributed by atoms with Gasteiger partial charge in [-0.1, -0.05) is 0 Å². The summed E-state index contributed by atoms with van der Waals surface area (Å²) in [6, 6.07) is 5.67. The van der Waals surface area contributed by atoms with Crippen LogP contribution in [-0.4, -0.2) is 16.1 Å². The molecule has 3 rings (SSSR count). The number of thiazole rings is 1. The number of benzene rings is 1. The van der Waals surface area contributed by atoms with E-state index >= 15 is 0 Å². The smallest absolute Gasteiger partial charge is 0.339 e. The van der Waals surface area contributed by atoms with Crippen LogP contribution in [-0.2, 0) is 5.75 Å². The molecular weight excluding hydrogens is 306 g/mol. The van der Waals surface area contributed by atoms with Crippen LogP contribution in [0.25, 0.3) is 11.0 Å². The summed E-state index contributed by atoms with van der Waals surface area (Å²) in [4.78, 5) is 17.8. The van der Waals surface area contributed by atoms with E-state index in [9.17, 15) is 9.90 Å². The highest BCUT2D eigenvalue weighted by Crippen LogP contribution is 2.32. The molecule has 0 aliphatic rings. The van der Waals surface area contributed by atoms with E-state index in [-0.39, 0.29) is 5.56 Å². The van der Waals surface area contributed by atoms with Gasteiger partial charge in [-0.2, -0.15) is 0 Å². The Morgan fingerprint density at radius 2 is 2.24 bits per heavy atom. The average molecular weight is 319 g/mol. The molecule has 0 aliphatic carbocycles. The molecule has 4 nitrogen and oxygen atoms in total. The lowest BCUT2D eigenvalue weighted by Gasteiger charge is -2.00. The molecule has 2 aromatic heterocycles. The van der Waals surface area contributed by atoms with Crippen molar-refractivity contribution in [1.29, 1.82) is 0 Å². The Morgan fingerprint density at radius 3 is 2.90 bits per heavy atom. The maximum absolute atomic E-state index is 11.3. The van der Waals surface area contributed by atoms with Crippen LogP contribution in [0.4, 0.5) is 0 Å². The van der Waals surface area contributed by atoms with Crippen LogP contribution in [0, 0.1) is 13.8 Å². The fraction of sp³-hybridized carbons (Fsp3) is 0.200. The third kappa shape index (κ3) is 2.82. The van der Waals surface area contributed by atoms with E-state index in [2.05, 4.69) is 4.98 Å². The summed E-state index contributed by atoms with van der Waals surface area (Å²) in [6.45, 7) is 3.66. The Hall–Kier alpha value is -1.79. The van der Waals surface area contributed by atoms with Crippen molar-refractivity contribution in [2.45, 2.75) is 24.5 Å². The number of fused-ring (bicyclic) bond motifs is 1. The van der Waals surface area contributed by atoms with Gasteiger partial charge in [-0.05, 0) is 32.0 Å². The number of hydrogen-bond acceptors (Lipinski definition) is 5. The normalized spacial score (nSPS) is 11.1. The van der Waals surface area contributed by atoms with Gasteiger partial charge < -0.3 is 9.52 Å². The lowest BCUT2D eigenvalue weighted by molar-refractivity contribution is 0.0697. The van der Waals surface area contributed by atoms with E-state index < -0.39 is 5.97 Å². The Balaban J connectivity index is 1.89. The van der Waals surface area contributed by atoms with Gasteiger partial charge in [0.25, 0.3) is 0 Å². The summed E-state index contributed by atoms with van der Waals surface area (Å²) in [6.07, 6.45) is 1.89. The number of nitrogens with zero attached hydrogens (tertiary/aromatic N) is 1. The van der Waals surface area contributed by atoms with Crippen LogP contribution in [0.1, 0.15) is 26.0 Å². The number of hydrogen-bond donors (Lipinski definition) is 1. The fourth-order valence-corrected chi connectivity index (χ4v) is 3.93. The van der Waals surface area contributed by atoms with Crippen molar-refractivity contribution in [2.75, 3.05) is 0 Å². The van der Waals surface area contributed by atoms with E-state index in [1.54, 1.807) is 30.0 Å². The number of rotatable bonds is 4. The second-order valence-electron chi connectivity index (χ2n) is 4.63. The van der Waals surface area contributed by atoms with Crippen LogP contribution >= 0.6 is 23.1 Å². The van der Waals surface area contributed by atoms with Crippen LogP contribution < -0.4 is 0 Å². The van der Waals surface area contributed by atoms with Gasteiger partial charge in [0.1, 0.15) is 16.9 Å². The van der Waals surface area contributed by atoms with Crippen LogP contribution in [0.15, 0.2) is 33.7 Å². The predicted octanol–water partition coefficient (Wildman–Crippen LogP) is 4.50. The summed E-state index contributed by atoms with van der Waals surface area (Å²) in [5, 5.41) is 11.0. The highest BCUT2D eigenvalue weighted by molar-refractivity contribution is 7.98. The van der Waals surface area contributed by atoms with Crippen LogP contribution in [0.3, 0.4) is 0 Å². The van der Waals surface area contributed by atoms with Crippen molar-refractivity contribution in [3.8, 4) is 0 Å². The number of furan rings is 1. The zero-order chi connectivity index (χ0) is 15.0. The van der Waals surface area contributed by atoms with E-state index in [4.69, 9.17) is 4.42 Å². The third-order valence-electron chi connectivity index (χ3n) is 3.10. The minimum absolute atomic E-state index is 0.251. The first kappa shape index (κ1) is 14.2. The largest absolute Gasteiger partial charge is 0.478 e. The summed E-state index contributed by atoms with van der Waals surface area (Å²) in [7, 11) is 0. The molecule has 0 amide bonds. The fourth-order valence-electron chi connectivity index (χ4n) is 2.18. The topological polar surface area (TPSA) is 63.3 Å². The molecule has 0 atom stereocenters. The first-order chi connectivity index (χ1) is 10.0. The lowest BCUT2D eigenvalue weighted by atomic mass is 10.1. The lowest BCUT2D eigenvalue weighted by Crippen LogP contribution is -1.96. The van der Waals surface area contributed by atoms with Gasteiger partial charge in [0.15, 0.2) is 0 Å². The minimum Gasteiger partial charge on any atom is -0.478 e. The maximum atomic E-state index is 11.3. The van der Waals surface area contributed by atoms with Gasteiger partial charge in [-0.3, -0.25) is 0 Å². The second-order valence-corrected chi connectivity index (χ2v) is 7.00. The van der Waals surface area contributed by atoms with Gasteiger partial charge in [0.05, 0.1) is 5.01 Å². The highest BCUT2D eigenvalue weighted by Gasteiger charge is 2.17. The van der Waals surface area contributed by atoms with E-state index in [1.165, 1.54) is 4.88 Å². The molecule has 0 unspecified atom stereocenters. The van der Waals surface area contributed by atoms with Crippen LogP contribution in [0.2, 0.25) is 0 Å². The monoisotopic (exact) mass is 319 g/mol.